The molecule has 2 atom stereocenters. The molecule has 1 heterocycles. The van der Waals surface area contributed by atoms with E-state index in [1.807, 2.05) is 6.92 Å². The Bertz CT molecular complexity index is 299. The van der Waals surface area contributed by atoms with Crippen LogP contribution in [0.4, 0.5) is 0 Å². The molecule has 1 rings (SSSR count). The van der Waals surface area contributed by atoms with Gasteiger partial charge >= 0.3 is 0 Å². The zero-order valence-electron chi connectivity index (χ0n) is 14.8. The number of piperidine rings is 1. The van der Waals surface area contributed by atoms with E-state index < -0.39 is 0 Å². The van der Waals surface area contributed by atoms with Crippen LogP contribution in [0.2, 0.25) is 0 Å². The number of unbranched alkanes of at least 4 members (excludes halogenated alkanes) is 1. The van der Waals surface area contributed by atoms with Gasteiger partial charge in [0.1, 0.15) is 0 Å². The molecule has 5 nitrogen and oxygen atoms in total. The van der Waals surface area contributed by atoms with E-state index in [2.05, 4.69) is 29.1 Å². The van der Waals surface area contributed by atoms with Crippen molar-refractivity contribution in [2.75, 3.05) is 45.9 Å². The third-order valence-corrected chi connectivity index (χ3v) is 4.08. The monoisotopic (exact) mass is 312 g/mol. The van der Waals surface area contributed by atoms with E-state index in [9.17, 15) is 0 Å². The van der Waals surface area contributed by atoms with Crippen LogP contribution < -0.4 is 11.1 Å². The van der Waals surface area contributed by atoms with Gasteiger partial charge in [-0.3, -0.25) is 4.99 Å². The van der Waals surface area contributed by atoms with Gasteiger partial charge in [0.05, 0.1) is 0 Å². The molecule has 0 saturated carbocycles. The molecule has 2 unspecified atom stereocenters. The van der Waals surface area contributed by atoms with Crippen LogP contribution in [0, 0.1) is 11.8 Å². The summed E-state index contributed by atoms with van der Waals surface area (Å²) in [6.45, 7) is 13.7. The predicted octanol–water partition coefficient (Wildman–Crippen LogP) is 2.08. The molecule has 1 saturated heterocycles. The Hall–Kier alpha value is -0.810. The van der Waals surface area contributed by atoms with Gasteiger partial charge in [0, 0.05) is 39.4 Å². The fourth-order valence-electron chi connectivity index (χ4n) is 3.22. The van der Waals surface area contributed by atoms with Crippen LogP contribution in [-0.4, -0.2) is 56.8 Å². The summed E-state index contributed by atoms with van der Waals surface area (Å²) in [5.41, 5.74) is 5.84. The summed E-state index contributed by atoms with van der Waals surface area (Å²) in [5.74, 6) is 2.26. The van der Waals surface area contributed by atoms with Gasteiger partial charge in [-0.2, -0.15) is 0 Å². The molecule has 3 N–H and O–H groups in total. The highest BCUT2D eigenvalue weighted by Gasteiger charge is 2.20. The maximum absolute atomic E-state index is 5.84. The highest BCUT2D eigenvalue weighted by atomic mass is 16.5. The van der Waals surface area contributed by atoms with Crippen LogP contribution in [0.5, 0.6) is 0 Å². The smallest absolute Gasteiger partial charge is 0.188 e. The van der Waals surface area contributed by atoms with E-state index in [0.29, 0.717) is 5.96 Å². The van der Waals surface area contributed by atoms with Gasteiger partial charge in [-0.15, -0.1) is 0 Å². The lowest BCUT2D eigenvalue weighted by Crippen LogP contribution is -2.39. The van der Waals surface area contributed by atoms with Gasteiger partial charge in [-0.25, -0.2) is 0 Å². The molecule has 0 aromatic rings. The molecule has 0 aromatic heterocycles. The Morgan fingerprint density at radius 3 is 2.64 bits per heavy atom. The second kappa shape index (κ2) is 11.7. The van der Waals surface area contributed by atoms with Gasteiger partial charge in [0.2, 0.25) is 0 Å². The fraction of sp³-hybridized carbons (Fsp3) is 0.941. The first-order chi connectivity index (χ1) is 10.6. The Morgan fingerprint density at radius 1 is 1.23 bits per heavy atom. The molecule has 0 bridgehead atoms. The van der Waals surface area contributed by atoms with Crippen molar-refractivity contribution in [3.8, 4) is 0 Å². The quantitative estimate of drug-likeness (QED) is 0.368. The number of ether oxygens (including phenoxy) is 1. The number of rotatable bonds is 10. The number of nitrogens with one attached hydrogen (secondary N) is 1. The molecule has 0 amide bonds. The van der Waals surface area contributed by atoms with Gasteiger partial charge in [-0.1, -0.05) is 13.8 Å². The summed E-state index contributed by atoms with van der Waals surface area (Å²) in [7, 11) is 0. The first-order valence-corrected chi connectivity index (χ1v) is 8.95. The molecule has 5 heteroatoms. The molecular formula is C17H36N4O. The lowest BCUT2D eigenvalue weighted by atomic mass is 9.92. The molecule has 130 valence electrons. The van der Waals surface area contributed by atoms with Gasteiger partial charge in [0.25, 0.3) is 0 Å². The van der Waals surface area contributed by atoms with Crippen molar-refractivity contribution in [3.05, 3.63) is 0 Å². The average Bonchev–Trinajstić information content (AvgIpc) is 2.45. The Balaban J connectivity index is 1.99. The van der Waals surface area contributed by atoms with Crippen molar-refractivity contribution in [1.29, 1.82) is 0 Å². The zero-order chi connectivity index (χ0) is 16.2. The fourth-order valence-corrected chi connectivity index (χ4v) is 3.22. The van der Waals surface area contributed by atoms with Crippen molar-refractivity contribution < 1.29 is 4.74 Å². The molecule has 0 radical (unpaired) electrons. The van der Waals surface area contributed by atoms with E-state index in [-0.39, 0.29) is 0 Å². The Kier molecular flexibility index (Phi) is 10.2. The Labute approximate surface area is 136 Å². The summed E-state index contributed by atoms with van der Waals surface area (Å²) in [4.78, 5) is 6.91. The maximum Gasteiger partial charge on any atom is 0.188 e. The summed E-state index contributed by atoms with van der Waals surface area (Å²) < 4.78 is 5.27. The number of nitrogens with two attached hydrogens (primary N) is 1. The zero-order valence-corrected chi connectivity index (χ0v) is 14.8. The summed E-state index contributed by atoms with van der Waals surface area (Å²) in [5, 5.41) is 3.20. The summed E-state index contributed by atoms with van der Waals surface area (Å²) >= 11 is 0. The van der Waals surface area contributed by atoms with E-state index >= 15 is 0 Å². The number of hydrogen-bond acceptors (Lipinski definition) is 3. The number of hydrogen-bond donors (Lipinski definition) is 2. The number of likely N-dealkylation sites (tertiary alicyclic amines) is 1. The first kappa shape index (κ1) is 19.2. The molecule has 22 heavy (non-hydrogen) atoms. The molecular weight excluding hydrogens is 276 g/mol. The lowest BCUT2D eigenvalue weighted by molar-refractivity contribution is 0.139. The number of aliphatic imine (C=N–C) groups is 1. The standard InChI is InChI=1S/C17H36N4O/c1-4-22-11-7-9-20-17(18)19-8-5-6-10-21-13-15(2)12-16(3)14-21/h15-16H,4-14H2,1-3H3,(H3,18,19,20). The van der Waals surface area contributed by atoms with Crippen LogP contribution in [-0.2, 0) is 4.74 Å². The Morgan fingerprint density at radius 2 is 1.95 bits per heavy atom. The topological polar surface area (TPSA) is 62.9 Å². The predicted molar refractivity (Wildman–Crippen MR) is 94.2 cm³/mol. The summed E-state index contributed by atoms with van der Waals surface area (Å²) in [6, 6.07) is 0. The van der Waals surface area contributed by atoms with Gasteiger partial charge < -0.3 is 20.7 Å². The minimum atomic E-state index is 0.566. The SMILES string of the molecule is CCOCCCN=C(N)NCCCCN1CC(C)CC(C)C1. The maximum atomic E-state index is 5.84. The van der Waals surface area contributed by atoms with E-state index in [1.165, 1.54) is 32.5 Å². The second-order valence-electron chi connectivity index (χ2n) is 6.66. The number of guanidine groups is 1. The summed E-state index contributed by atoms with van der Waals surface area (Å²) in [6.07, 6.45) is 4.69. The molecule has 0 aromatic carbocycles. The van der Waals surface area contributed by atoms with Crippen LogP contribution in [0.15, 0.2) is 4.99 Å². The molecule has 0 spiro atoms. The van der Waals surface area contributed by atoms with E-state index in [1.54, 1.807) is 0 Å². The second-order valence-corrected chi connectivity index (χ2v) is 6.66. The molecule has 0 aliphatic carbocycles. The van der Waals surface area contributed by atoms with Crippen LogP contribution in [0.25, 0.3) is 0 Å². The third-order valence-electron chi connectivity index (χ3n) is 4.08. The van der Waals surface area contributed by atoms with Gasteiger partial charge in [0.15, 0.2) is 5.96 Å². The average molecular weight is 313 g/mol. The number of nitrogens with zero attached hydrogens (tertiary/aromatic N) is 2. The van der Waals surface area contributed by atoms with Crippen LogP contribution >= 0.6 is 0 Å². The highest BCUT2D eigenvalue weighted by Crippen LogP contribution is 2.20. The van der Waals surface area contributed by atoms with Crippen molar-refractivity contribution in [2.45, 2.75) is 46.5 Å². The third kappa shape index (κ3) is 9.26. The molecule has 1 aliphatic heterocycles. The van der Waals surface area contributed by atoms with Crippen molar-refractivity contribution in [2.24, 2.45) is 22.6 Å². The van der Waals surface area contributed by atoms with Crippen molar-refractivity contribution in [1.82, 2.24) is 10.2 Å². The normalized spacial score (nSPS) is 23.7. The van der Waals surface area contributed by atoms with E-state index in [0.717, 1.165) is 51.0 Å². The lowest BCUT2D eigenvalue weighted by Gasteiger charge is -2.34. The molecule has 1 aliphatic rings. The first-order valence-electron chi connectivity index (χ1n) is 8.95. The van der Waals surface area contributed by atoms with Crippen LogP contribution in [0.1, 0.15) is 46.5 Å². The molecule has 1 fully saturated rings. The van der Waals surface area contributed by atoms with Crippen molar-refractivity contribution in [3.63, 3.8) is 0 Å². The van der Waals surface area contributed by atoms with Crippen molar-refractivity contribution >= 4 is 5.96 Å². The minimum absolute atomic E-state index is 0.566. The van der Waals surface area contributed by atoms with Crippen LogP contribution in [0.3, 0.4) is 0 Å². The van der Waals surface area contributed by atoms with E-state index in [4.69, 9.17) is 10.5 Å². The van der Waals surface area contributed by atoms with Gasteiger partial charge in [-0.05, 0) is 51.0 Å². The highest BCUT2D eigenvalue weighted by molar-refractivity contribution is 5.77. The largest absolute Gasteiger partial charge is 0.382 e. The minimum Gasteiger partial charge on any atom is -0.382 e.